The third kappa shape index (κ3) is 1.48. The molecule has 1 aliphatic heterocycles. The third-order valence-electron chi connectivity index (χ3n) is 6.82. The van der Waals surface area contributed by atoms with Gasteiger partial charge < -0.3 is 5.73 Å². The Bertz CT molecular complexity index is 286. The Morgan fingerprint density at radius 3 is 1.89 bits per heavy atom. The lowest BCUT2D eigenvalue weighted by atomic mass is 9.48. The Balaban J connectivity index is 1.66. The van der Waals surface area contributed by atoms with Crippen LogP contribution in [0.2, 0.25) is 0 Å². The minimum atomic E-state index is 0.424. The van der Waals surface area contributed by atoms with E-state index in [2.05, 4.69) is 4.90 Å². The van der Waals surface area contributed by atoms with E-state index in [0.717, 1.165) is 30.2 Å². The van der Waals surface area contributed by atoms with Gasteiger partial charge in [0, 0.05) is 12.1 Å². The smallest absolute Gasteiger partial charge is 0.0388 e. The molecule has 0 radical (unpaired) electrons. The van der Waals surface area contributed by atoms with Crippen LogP contribution in [0, 0.1) is 23.7 Å². The van der Waals surface area contributed by atoms with Crippen LogP contribution in [-0.4, -0.2) is 30.1 Å². The van der Waals surface area contributed by atoms with E-state index in [0.29, 0.717) is 5.54 Å². The van der Waals surface area contributed by atoms with Gasteiger partial charge in [-0.15, -0.1) is 0 Å². The van der Waals surface area contributed by atoms with E-state index in [9.17, 15) is 0 Å². The maximum atomic E-state index is 6.38. The van der Waals surface area contributed by atoms with Crippen molar-refractivity contribution in [1.82, 2.24) is 4.90 Å². The molecule has 5 rings (SSSR count). The predicted octanol–water partition coefficient (Wildman–Crippen LogP) is 2.63. The standard InChI is InChI=1S/C16H28N2/c17-11-16(18-4-2-1-3-5-18)14-7-12-6-13(9-14)10-15(16)8-12/h12-15H,1-11,17H2. The van der Waals surface area contributed by atoms with Crippen LogP contribution < -0.4 is 5.73 Å². The summed E-state index contributed by atoms with van der Waals surface area (Å²) in [5.41, 5.74) is 6.80. The summed E-state index contributed by atoms with van der Waals surface area (Å²) in [4.78, 5) is 2.85. The molecule has 2 nitrogen and oxygen atoms in total. The van der Waals surface area contributed by atoms with Crippen molar-refractivity contribution in [3.63, 3.8) is 0 Å². The molecule has 2 heteroatoms. The monoisotopic (exact) mass is 248 g/mol. The highest BCUT2D eigenvalue weighted by molar-refractivity contribution is 5.12. The molecule has 2 N–H and O–H groups in total. The molecule has 0 amide bonds. The van der Waals surface area contributed by atoms with Gasteiger partial charge in [0.15, 0.2) is 0 Å². The van der Waals surface area contributed by atoms with Gasteiger partial charge in [-0.05, 0) is 81.7 Å². The van der Waals surface area contributed by atoms with Crippen molar-refractivity contribution in [1.29, 1.82) is 0 Å². The molecular weight excluding hydrogens is 220 g/mol. The van der Waals surface area contributed by atoms with E-state index in [1.807, 2.05) is 0 Å². The predicted molar refractivity (Wildman–Crippen MR) is 74.3 cm³/mol. The molecule has 5 fully saturated rings. The number of hydrogen-bond donors (Lipinski definition) is 1. The lowest BCUT2D eigenvalue weighted by molar-refractivity contribution is -0.135. The van der Waals surface area contributed by atoms with Crippen molar-refractivity contribution in [3.05, 3.63) is 0 Å². The van der Waals surface area contributed by atoms with Gasteiger partial charge in [0.05, 0.1) is 0 Å². The first-order valence-corrected chi connectivity index (χ1v) is 8.28. The van der Waals surface area contributed by atoms with E-state index < -0.39 is 0 Å². The van der Waals surface area contributed by atoms with Gasteiger partial charge in [0.2, 0.25) is 0 Å². The summed E-state index contributed by atoms with van der Waals surface area (Å²) in [7, 11) is 0. The molecular formula is C16H28N2. The molecule has 0 aromatic heterocycles. The summed E-state index contributed by atoms with van der Waals surface area (Å²) in [5, 5.41) is 0. The van der Waals surface area contributed by atoms with Gasteiger partial charge in [0.1, 0.15) is 0 Å². The second-order valence-corrected chi connectivity index (χ2v) is 7.55. The van der Waals surface area contributed by atoms with Crippen LogP contribution in [-0.2, 0) is 0 Å². The second-order valence-electron chi connectivity index (χ2n) is 7.55. The largest absolute Gasteiger partial charge is 0.329 e. The van der Waals surface area contributed by atoms with Crippen molar-refractivity contribution >= 4 is 0 Å². The van der Waals surface area contributed by atoms with Crippen LogP contribution in [0.25, 0.3) is 0 Å². The SMILES string of the molecule is NCC1(N2CCCCC2)C2CC3CC(C2)CC1C3. The Hall–Kier alpha value is -0.0800. The van der Waals surface area contributed by atoms with E-state index >= 15 is 0 Å². The van der Waals surface area contributed by atoms with Crippen molar-refractivity contribution in [2.75, 3.05) is 19.6 Å². The zero-order valence-corrected chi connectivity index (χ0v) is 11.6. The first kappa shape index (κ1) is 11.7. The molecule has 0 unspecified atom stereocenters. The highest BCUT2D eigenvalue weighted by Gasteiger charge is 2.58. The fraction of sp³-hybridized carbons (Fsp3) is 1.00. The van der Waals surface area contributed by atoms with Gasteiger partial charge in [-0.1, -0.05) is 6.42 Å². The van der Waals surface area contributed by atoms with Gasteiger partial charge >= 0.3 is 0 Å². The first-order chi connectivity index (χ1) is 8.83. The van der Waals surface area contributed by atoms with Gasteiger partial charge in [-0.3, -0.25) is 4.90 Å². The summed E-state index contributed by atoms with van der Waals surface area (Å²) < 4.78 is 0. The fourth-order valence-corrected chi connectivity index (χ4v) is 6.29. The molecule has 18 heavy (non-hydrogen) atoms. The van der Waals surface area contributed by atoms with Crippen LogP contribution in [0.5, 0.6) is 0 Å². The molecule has 1 heterocycles. The Kier molecular flexibility index (Phi) is 2.74. The van der Waals surface area contributed by atoms with Crippen LogP contribution in [0.15, 0.2) is 0 Å². The lowest BCUT2D eigenvalue weighted by Gasteiger charge is -2.65. The molecule has 4 saturated carbocycles. The highest BCUT2D eigenvalue weighted by Crippen LogP contribution is 2.60. The molecule has 0 aromatic carbocycles. The Morgan fingerprint density at radius 1 is 0.833 bits per heavy atom. The summed E-state index contributed by atoms with van der Waals surface area (Å²) in [6.07, 6.45) is 11.8. The van der Waals surface area contributed by atoms with Crippen molar-refractivity contribution < 1.29 is 0 Å². The average molecular weight is 248 g/mol. The minimum absolute atomic E-state index is 0.424. The number of piperidine rings is 1. The zero-order valence-electron chi connectivity index (χ0n) is 11.6. The van der Waals surface area contributed by atoms with Crippen molar-refractivity contribution in [3.8, 4) is 0 Å². The topological polar surface area (TPSA) is 29.3 Å². The van der Waals surface area contributed by atoms with Crippen molar-refractivity contribution in [2.45, 2.75) is 56.9 Å². The number of hydrogen-bond acceptors (Lipinski definition) is 2. The van der Waals surface area contributed by atoms with Gasteiger partial charge in [0.25, 0.3) is 0 Å². The van der Waals surface area contributed by atoms with Crippen LogP contribution >= 0.6 is 0 Å². The third-order valence-corrected chi connectivity index (χ3v) is 6.82. The summed E-state index contributed by atoms with van der Waals surface area (Å²) >= 11 is 0. The van der Waals surface area contributed by atoms with E-state index in [4.69, 9.17) is 5.73 Å². The number of rotatable bonds is 2. The molecule has 4 aliphatic carbocycles. The van der Waals surface area contributed by atoms with Crippen LogP contribution in [0.1, 0.15) is 51.4 Å². The lowest BCUT2D eigenvalue weighted by Crippen LogP contribution is -2.69. The Labute approximate surface area is 111 Å². The quantitative estimate of drug-likeness (QED) is 0.814. The van der Waals surface area contributed by atoms with Crippen LogP contribution in [0.3, 0.4) is 0 Å². The van der Waals surface area contributed by atoms with Crippen molar-refractivity contribution in [2.24, 2.45) is 29.4 Å². The zero-order chi connectivity index (χ0) is 12.2. The summed E-state index contributed by atoms with van der Waals surface area (Å²) in [5.74, 6) is 4.02. The van der Waals surface area contributed by atoms with Gasteiger partial charge in [-0.25, -0.2) is 0 Å². The number of nitrogens with zero attached hydrogens (tertiary/aromatic N) is 1. The van der Waals surface area contributed by atoms with Gasteiger partial charge in [-0.2, -0.15) is 0 Å². The fourth-order valence-electron chi connectivity index (χ4n) is 6.29. The maximum absolute atomic E-state index is 6.38. The minimum Gasteiger partial charge on any atom is -0.329 e. The second kappa shape index (κ2) is 4.21. The number of nitrogens with two attached hydrogens (primary N) is 1. The summed E-state index contributed by atoms with van der Waals surface area (Å²) in [6.45, 7) is 3.60. The number of likely N-dealkylation sites (tertiary alicyclic amines) is 1. The molecule has 102 valence electrons. The normalized spacial score (nSPS) is 51.8. The van der Waals surface area contributed by atoms with E-state index in [1.165, 1.54) is 58.0 Å². The molecule has 1 saturated heterocycles. The molecule has 0 spiro atoms. The average Bonchev–Trinajstić information content (AvgIpc) is 2.40. The first-order valence-electron chi connectivity index (χ1n) is 8.28. The molecule has 0 aromatic rings. The molecule has 4 bridgehead atoms. The molecule has 5 aliphatic rings. The van der Waals surface area contributed by atoms with E-state index in [-0.39, 0.29) is 0 Å². The Morgan fingerprint density at radius 2 is 1.39 bits per heavy atom. The maximum Gasteiger partial charge on any atom is 0.0388 e. The van der Waals surface area contributed by atoms with E-state index in [1.54, 1.807) is 6.42 Å². The van der Waals surface area contributed by atoms with Crippen LogP contribution in [0.4, 0.5) is 0 Å². The molecule has 0 atom stereocenters. The summed E-state index contributed by atoms with van der Waals surface area (Å²) in [6, 6.07) is 0. The highest BCUT2D eigenvalue weighted by atomic mass is 15.2.